The van der Waals surface area contributed by atoms with Crippen molar-refractivity contribution in [2.75, 3.05) is 14.2 Å². The quantitative estimate of drug-likeness (QED) is 0.279. The van der Waals surface area contributed by atoms with E-state index in [9.17, 15) is 29.1 Å². The number of allylic oxidation sites excluding steroid dienone is 4. The summed E-state index contributed by atoms with van der Waals surface area (Å²) in [6.07, 6.45) is 4.04. The highest BCUT2D eigenvalue weighted by molar-refractivity contribution is 6.24. The second-order valence-electron chi connectivity index (χ2n) is 11.3. The van der Waals surface area contributed by atoms with Gasteiger partial charge in [0.1, 0.15) is 6.10 Å². The number of nitrogens with one attached hydrogen (secondary N) is 2. The zero-order valence-corrected chi connectivity index (χ0v) is 26.5. The molecule has 246 valence electrons. The first-order chi connectivity index (χ1) is 21.9. The lowest BCUT2D eigenvalue weighted by Crippen LogP contribution is -2.38. The first-order valence-electron chi connectivity index (χ1n) is 14.8. The minimum Gasteiger partial charge on any atom is -0.439 e. The number of carbonyl (C=O) groups excluding carboxylic acids is 5. The van der Waals surface area contributed by atoms with Gasteiger partial charge in [0.25, 0.3) is 5.91 Å². The van der Waals surface area contributed by atoms with Crippen molar-refractivity contribution in [2.24, 2.45) is 17.6 Å². The van der Waals surface area contributed by atoms with Crippen LogP contribution in [-0.4, -0.2) is 73.2 Å². The van der Waals surface area contributed by atoms with E-state index in [1.54, 1.807) is 56.3 Å². The lowest BCUT2D eigenvalue weighted by Gasteiger charge is -2.30. The number of benzene rings is 1. The SMILES string of the molecule is COC1/C=C\C=C\C(=O)NC2=CC(=O)C(NC(=O)c3ccccc3)=C(CC(C)CC(OC)C(O)C(C)/C=C(\C)C1OC(N)=O)C2=O. The van der Waals surface area contributed by atoms with Gasteiger partial charge in [-0.05, 0) is 43.4 Å². The van der Waals surface area contributed by atoms with Crippen LogP contribution >= 0.6 is 0 Å². The Kier molecular flexibility index (Phi) is 12.9. The average Bonchev–Trinajstić information content (AvgIpc) is 3.02. The van der Waals surface area contributed by atoms with Gasteiger partial charge in [-0.2, -0.15) is 0 Å². The predicted molar refractivity (Wildman–Crippen MR) is 169 cm³/mol. The minimum atomic E-state index is -1.03. The highest BCUT2D eigenvalue weighted by atomic mass is 16.6. The van der Waals surface area contributed by atoms with Crippen LogP contribution in [0.1, 0.15) is 44.0 Å². The number of ketones is 2. The van der Waals surface area contributed by atoms with Gasteiger partial charge in [-0.25, -0.2) is 4.79 Å². The van der Waals surface area contributed by atoms with Crippen molar-refractivity contribution in [3.63, 3.8) is 0 Å². The second-order valence-corrected chi connectivity index (χ2v) is 11.3. The number of carbonyl (C=O) groups is 5. The molecule has 6 unspecified atom stereocenters. The molecular weight excluding hydrogens is 594 g/mol. The number of aliphatic hydroxyl groups is 1. The van der Waals surface area contributed by atoms with E-state index in [1.807, 2.05) is 6.92 Å². The Morgan fingerprint density at radius 2 is 1.74 bits per heavy atom. The zero-order chi connectivity index (χ0) is 34.0. The van der Waals surface area contributed by atoms with Crippen molar-refractivity contribution in [2.45, 2.75) is 58.0 Å². The summed E-state index contributed by atoms with van der Waals surface area (Å²) in [5.41, 5.74) is 5.77. The summed E-state index contributed by atoms with van der Waals surface area (Å²) in [5.74, 6) is -3.37. The first kappa shape index (κ1) is 35.8. The van der Waals surface area contributed by atoms with Crippen LogP contribution < -0.4 is 16.4 Å². The molecule has 46 heavy (non-hydrogen) atoms. The van der Waals surface area contributed by atoms with Crippen molar-refractivity contribution in [1.82, 2.24) is 10.6 Å². The molecule has 2 bridgehead atoms. The molecule has 1 aromatic carbocycles. The van der Waals surface area contributed by atoms with E-state index in [1.165, 1.54) is 26.4 Å². The number of aliphatic hydroxyl groups excluding tert-OH is 1. The van der Waals surface area contributed by atoms with Crippen molar-refractivity contribution in [3.05, 3.63) is 94.9 Å². The van der Waals surface area contributed by atoms with Crippen LogP contribution in [0.2, 0.25) is 0 Å². The Labute approximate surface area is 268 Å². The maximum Gasteiger partial charge on any atom is 0.405 e. The molecular formula is C34H41N3O9. The second kappa shape index (κ2) is 16.6. The van der Waals surface area contributed by atoms with Crippen molar-refractivity contribution in [1.29, 1.82) is 0 Å². The largest absolute Gasteiger partial charge is 0.439 e. The highest BCUT2D eigenvalue weighted by Crippen LogP contribution is 2.29. The molecule has 6 atom stereocenters. The molecule has 12 heteroatoms. The summed E-state index contributed by atoms with van der Waals surface area (Å²) in [6.45, 7) is 5.30. The fourth-order valence-electron chi connectivity index (χ4n) is 5.38. The smallest absolute Gasteiger partial charge is 0.405 e. The molecule has 0 spiro atoms. The van der Waals surface area contributed by atoms with Crippen LogP contribution in [0.15, 0.2) is 89.3 Å². The topological polar surface area (TPSA) is 183 Å². The van der Waals surface area contributed by atoms with Crippen molar-refractivity contribution in [3.8, 4) is 0 Å². The van der Waals surface area contributed by atoms with Crippen LogP contribution in [0.3, 0.4) is 0 Å². The van der Waals surface area contributed by atoms with E-state index in [0.717, 1.165) is 12.2 Å². The molecule has 12 nitrogen and oxygen atoms in total. The lowest BCUT2D eigenvalue weighted by molar-refractivity contribution is -0.119. The van der Waals surface area contributed by atoms with E-state index in [-0.39, 0.29) is 35.7 Å². The number of hydrogen-bond acceptors (Lipinski definition) is 9. The average molecular weight is 636 g/mol. The summed E-state index contributed by atoms with van der Waals surface area (Å²) in [6, 6.07) is 8.24. The molecule has 0 saturated carbocycles. The number of hydrogen-bond donors (Lipinski definition) is 4. The molecule has 3 rings (SSSR count). The third kappa shape index (κ3) is 9.43. The van der Waals surface area contributed by atoms with Gasteiger partial charge in [0.15, 0.2) is 6.10 Å². The van der Waals surface area contributed by atoms with Gasteiger partial charge < -0.3 is 35.7 Å². The number of nitrogens with two attached hydrogens (primary N) is 1. The normalized spacial score (nSPS) is 29.1. The van der Waals surface area contributed by atoms with E-state index in [2.05, 4.69) is 10.6 Å². The Hall–Kier alpha value is -4.65. The standard InChI is InChI=1S/C34H41N3O9/c1-19-15-23-29(37-33(42)22-11-7-6-8-12-22)25(38)18-24(31(23)41)36-28(39)14-10-9-13-26(44-4)32(46-34(35)43)21(3)17-20(2)30(40)27(16-19)45-5/h6-14,17-20,26-27,30,32,40H,15-16H2,1-5H3,(H2,35,43)(H,36,39)(H,37,42)/b13-9-,14-10+,21-17+. The molecule has 0 radical (unpaired) electrons. The van der Waals surface area contributed by atoms with Crippen molar-refractivity contribution >= 4 is 29.5 Å². The summed E-state index contributed by atoms with van der Waals surface area (Å²) >= 11 is 0. The van der Waals surface area contributed by atoms with Gasteiger partial charge >= 0.3 is 6.09 Å². The Morgan fingerprint density at radius 1 is 1.04 bits per heavy atom. The van der Waals surface area contributed by atoms with E-state index in [4.69, 9.17) is 19.9 Å². The number of Topliss-reactive ketones (excluding diaryl/α,β-unsaturated/α-hetero) is 1. The van der Waals surface area contributed by atoms with Crippen LogP contribution in [0.4, 0.5) is 4.79 Å². The van der Waals surface area contributed by atoms with Crippen LogP contribution in [0.25, 0.3) is 0 Å². The molecule has 1 aromatic rings. The fraction of sp³-hybridized carbons (Fsp3) is 0.382. The number of methoxy groups -OCH3 is 2. The summed E-state index contributed by atoms with van der Waals surface area (Å²) in [7, 11) is 2.86. The third-order valence-electron chi connectivity index (χ3n) is 7.73. The molecule has 0 aromatic heterocycles. The van der Waals surface area contributed by atoms with Crippen LogP contribution in [0.5, 0.6) is 0 Å². The van der Waals surface area contributed by atoms with E-state index < -0.39 is 59.8 Å². The molecule has 1 aliphatic heterocycles. The molecule has 0 fully saturated rings. The maximum atomic E-state index is 13.7. The van der Waals surface area contributed by atoms with Gasteiger partial charge in [0, 0.05) is 43.4 Å². The summed E-state index contributed by atoms with van der Waals surface area (Å²) in [4.78, 5) is 64.5. The zero-order valence-electron chi connectivity index (χ0n) is 26.5. The Bertz CT molecular complexity index is 1480. The molecule has 1 heterocycles. The van der Waals surface area contributed by atoms with E-state index in [0.29, 0.717) is 11.1 Å². The van der Waals surface area contributed by atoms with Crippen molar-refractivity contribution < 1.29 is 43.3 Å². The highest BCUT2D eigenvalue weighted by Gasteiger charge is 2.34. The maximum absolute atomic E-state index is 13.7. The van der Waals surface area contributed by atoms with Gasteiger partial charge in [0.05, 0.1) is 23.6 Å². The lowest BCUT2D eigenvalue weighted by atomic mass is 9.85. The van der Waals surface area contributed by atoms with Gasteiger partial charge in [-0.1, -0.05) is 56.4 Å². The first-order valence-corrected chi connectivity index (χ1v) is 14.8. The number of primary amides is 1. The predicted octanol–water partition coefficient (Wildman–Crippen LogP) is 2.80. The molecule has 5 N–H and O–H groups in total. The number of ether oxygens (including phenoxy) is 3. The summed E-state index contributed by atoms with van der Waals surface area (Å²) in [5, 5.41) is 16.3. The fourth-order valence-corrected chi connectivity index (χ4v) is 5.38. The van der Waals surface area contributed by atoms with Gasteiger partial charge in [-0.15, -0.1) is 0 Å². The molecule has 3 amide bonds. The Balaban J connectivity index is 2.05. The monoisotopic (exact) mass is 635 g/mol. The Morgan fingerprint density at radius 3 is 2.37 bits per heavy atom. The van der Waals surface area contributed by atoms with Crippen LogP contribution in [0, 0.1) is 11.8 Å². The molecule has 0 saturated heterocycles. The van der Waals surface area contributed by atoms with Crippen LogP contribution in [-0.2, 0) is 28.6 Å². The minimum absolute atomic E-state index is 0.0175. The number of amides is 3. The summed E-state index contributed by atoms with van der Waals surface area (Å²) < 4.78 is 16.5. The van der Waals surface area contributed by atoms with Gasteiger partial charge in [-0.3, -0.25) is 19.2 Å². The number of fused-ring (bicyclic) bond motifs is 2. The van der Waals surface area contributed by atoms with Gasteiger partial charge in [0.2, 0.25) is 17.5 Å². The number of rotatable bonds is 5. The molecule has 2 aliphatic rings. The van der Waals surface area contributed by atoms with E-state index >= 15 is 0 Å². The third-order valence-corrected chi connectivity index (χ3v) is 7.73. The molecule has 1 aliphatic carbocycles.